The molecule has 1 saturated heterocycles. The van der Waals surface area contributed by atoms with Crippen LogP contribution in [0.3, 0.4) is 0 Å². The quantitative estimate of drug-likeness (QED) is 0.936. The highest BCUT2D eigenvalue weighted by atomic mass is 16.2. The molecule has 1 aliphatic heterocycles. The van der Waals surface area contributed by atoms with Gasteiger partial charge in [0.2, 0.25) is 5.91 Å². The Morgan fingerprint density at radius 2 is 2.00 bits per heavy atom. The molecule has 1 N–H and O–H groups in total. The summed E-state index contributed by atoms with van der Waals surface area (Å²) in [5.41, 5.74) is 1.40. The highest BCUT2D eigenvalue weighted by molar-refractivity contribution is 5.97. The number of para-hydroxylation sites is 1. The first kappa shape index (κ1) is 15.3. The van der Waals surface area contributed by atoms with Gasteiger partial charge in [0.25, 0.3) is 5.91 Å². The Labute approximate surface area is 135 Å². The Balaban J connectivity index is 1.82. The summed E-state index contributed by atoms with van der Waals surface area (Å²) in [5, 5.41) is 6.91. The third-order valence-corrected chi connectivity index (χ3v) is 4.16. The lowest BCUT2D eigenvalue weighted by molar-refractivity contribution is -0.126. The minimum atomic E-state index is -0.388. The van der Waals surface area contributed by atoms with Crippen molar-refractivity contribution < 1.29 is 9.59 Å². The number of likely N-dealkylation sites (tertiary alicyclic amines) is 1. The number of amides is 2. The van der Waals surface area contributed by atoms with Crippen molar-refractivity contribution in [2.75, 3.05) is 13.6 Å². The van der Waals surface area contributed by atoms with Crippen LogP contribution in [0.15, 0.2) is 42.7 Å². The van der Waals surface area contributed by atoms with E-state index in [1.165, 1.54) is 0 Å². The van der Waals surface area contributed by atoms with E-state index in [4.69, 9.17) is 0 Å². The van der Waals surface area contributed by atoms with Crippen molar-refractivity contribution in [2.45, 2.75) is 25.3 Å². The van der Waals surface area contributed by atoms with Gasteiger partial charge in [-0.05, 0) is 31.4 Å². The second kappa shape index (κ2) is 6.64. The van der Waals surface area contributed by atoms with Crippen molar-refractivity contribution >= 4 is 11.8 Å². The lowest BCUT2D eigenvalue weighted by Crippen LogP contribution is -2.51. The van der Waals surface area contributed by atoms with Crippen molar-refractivity contribution in [2.24, 2.45) is 0 Å². The molecule has 2 aromatic rings. The van der Waals surface area contributed by atoms with Crippen LogP contribution in [-0.2, 0) is 4.79 Å². The number of nitrogens with one attached hydrogen (secondary N) is 1. The van der Waals surface area contributed by atoms with Gasteiger partial charge in [0.15, 0.2) is 0 Å². The molecular weight excluding hydrogens is 292 g/mol. The molecule has 120 valence electrons. The number of carbonyl (C=O) groups is 2. The summed E-state index contributed by atoms with van der Waals surface area (Å²) >= 11 is 0. The smallest absolute Gasteiger partial charge is 0.257 e. The first-order chi connectivity index (χ1) is 11.2. The molecule has 0 unspecified atom stereocenters. The number of likely N-dealkylation sites (N-methyl/N-ethyl adjacent to an activating group) is 1. The largest absolute Gasteiger partial charge is 0.357 e. The van der Waals surface area contributed by atoms with Crippen LogP contribution in [0, 0.1) is 0 Å². The zero-order valence-electron chi connectivity index (χ0n) is 13.1. The van der Waals surface area contributed by atoms with Crippen molar-refractivity contribution in [1.29, 1.82) is 0 Å². The SMILES string of the molecule is CNC(=O)[C@@H]1CCCCN1C(=O)c1cnn(-c2ccccc2)c1. The molecule has 2 heterocycles. The second-order valence-electron chi connectivity index (χ2n) is 5.63. The summed E-state index contributed by atoms with van der Waals surface area (Å²) < 4.78 is 1.67. The third kappa shape index (κ3) is 3.11. The minimum absolute atomic E-state index is 0.103. The van der Waals surface area contributed by atoms with E-state index in [1.807, 2.05) is 30.3 Å². The molecule has 0 aliphatic carbocycles. The molecule has 1 aromatic heterocycles. The van der Waals surface area contributed by atoms with Gasteiger partial charge in [-0.25, -0.2) is 4.68 Å². The number of hydrogen-bond acceptors (Lipinski definition) is 3. The molecule has 0 bridgehead atoms. The van der Waals surface area contributed by atoms with Gasteiger partial charge in [0.1, 0.15) is 6.04 Å². The average molecular weight is 312 g/mol. The van der Waals surface area contributed by atoms with E-state index in [0.717, 1.165) is 18.5 Å². The maximum absolute atomic E-state index is 12.8. The molecular formula is C17H20N4O2. The zero-order valence-corrected chi connectivity index (χ0v) is 13.1. The van der Waals surface area contributed by atoms with Gasteiger partial charge in [-0.15, -0.1) is 0 Å². The Kier molecular flexibility index (Phi) is 4.41. The van der Waals surface area contributed by atoms with Gasteiger partial charge in [-0.2, -0.15) is 5.10 Å². The van der Waals surface area contributed by atoms with Crippen LogP contribution in [0.5, 0.6) is 0 Å². The van der Waals surface area contributed by atoms with Gasteiger partial charge in [0.05, 0.1) is 17.4 Å². The zero-order chi connectivity index (χ0) is 16.2. The fourth-order valence-corrected chi connectivity index (χ4v) is 2.93. The molecule has 1 aliphatic rings. The molecule has 1 atom stereocenters. The molecule has 1 fully saturated rings. The molecule has 3 rings (SSSR count). The maximum atomic E-state index is 12.8. The summed E-state index contributed by atoms with van der Waals surface area (Å²) in [7, 11) is 1.60. The van der Waals surface area contributed by atoms with Gasteiger partial charge < -0.3 is 10.2 Å². The van der Waals surface area contributed by atoms with Gasteiger partial charge in [-0.3, -0.25) is 9.59 Å². The lowest BCUT2D eigenvalue weighted by Gasteiger charge is -2.34. The maximum Gasteiger partial charge on any atom is 0.257 e. The average Bonchev–Trinajstić information content (AvgIpc) is 3.11. The Morgan fingerprint density at radius 1 is 1.22 bits per heavy atom. The Hall–Kier alpha value is -2.63. The van der Waals surface area contributed by atoms with Crippen molar-refractivity contribution in [3.05, 3.63) is 48.3 Å². The van der Waals surface area contributed by atoms with Crippen LogP contribution >= 0.6 is 0 Å². The highest BCUT2D eigenvalue weighted by Gasteiger charge is 2.32. The molecule has 6 nitrogen and oxygen atoms in total. The number of benzene rings is 1. The van der Waals surface area contributed by atoms with Gasteiger partial charge in [-0.1, -0.05) is 18.2 Å². The van der Waals surface area contributed by atoms with Crippen LogP contribution in [0.2, 0.25) is 0 Å². The van der Waals surface area contributed by atoms with E-state index in [2.05, 4.69) is 10.4 Å². The summed E-state index contributed by atoms with van der Waals surface area (Å²) in [5.74, 6) is -0.242. The van der Waals surface area contributed by atoms with Crippen molar-refractivity contribution in [3.63, 3.8) is 0 Å². The van der Waals surface area contributed by atoms with Crippen LogP contribution in [0.4, 0.5) is 0 Å². The van der Waals surface area contributed by atoms with E-state index in [9.17, 15) is 9.59 Å². The highest BCUT2D eigenvalue weighted by Crippen LogP contribution is 2.20. The molecule has 1 aromatic carbocycles. The van der Waals surface area contributed by atoms with Crippen molar-refractivity contribution in [3.8, 4) is 5.69 Å². The number of rotatable bonds is 3. The number of carbonyl (C=O) groups excluding carboxylic acids is 2. The second-order valence-corrected chi connectivity index (χ2v) is 5.63. The standard InChI is InChI=1S/C17H20N4O2/c1-18-16(22)15-9-5-6-10-20(15)17(23)13-11-19-21(12-13)14-7-3-2-4-8-14/h2-4,7-8,11-12,15H,5-6,9-10H2,1H3,(H,18,22)/t15-/m0/s1. The number of hydrogen-bond donors (Lipinski definition) is 1. The summed E-state index contributed by atoms with van der Waals surface area (Å²) in [4.78, 5) is 26.4. The summed E-state index contributed by atoms with van der Waals surface area (Å²) in [6.07, 6.45) is 5.87. The third-order valence-electron chi connectivity index (χ3n) is 4.16. The molecule has 6 heteroatoms. The Morgan fingerprint density at radius 3 is 2.74 bits per heavy atom. The van der Waals surface area contributed by atoms with Crippen molar-refractivity contribution in [1.82, 2.24) is 20.0 Å². The monoisotopic (exact) mass is 312 g/mol. The molecule has 23 heavy (non-hydrogen) atoms. The Bertz CT molecular complexity index is 696. The fourth-order valence-electron chi connectivity index (χ4n) is 2.93. The first-order valence-electron chi connectivity index (χ1n) is 7.83. The number of aromatic nitrogens is 2. The van der Waals surface area contributed by atoms with E-state index in [-0.39, 0.29) is 17.9 Å². The summed E-state index contributed by atoms with van der Waals surface area (Å²) in [6, 6.07) is 9.24. The molecule has 2 amide bonds. The minimum Gasteiger partial charge on any atom is -0.357 e. The van der Waals surface area contributed by atoms with Crippen LogP contribution < -0.4 is 5.32 Å². The van der Waals surface area contributed by atoms with E-state index in [0.29, 0.717) is 18.5 Å². The fraction of sp³-hybridized carbons (Fsp3) is 0.353. The van der Waals surface area contributed by atoms with Gasteiger partial charge >= 0.3 is 0 Å². The predicted molar refractivity (Wildman–Crippen MR) is 86.3 cm³/mol. The lowest BCUT2D eigenvalue weighted by atomic mass is 10.0. The number of piperidine rings is 1. The number of nitrogens with zero attached hydrogens (tertiary/aromatic N) is 3. The van der Waals surface area contributed by atoms with Crippen LogP contribution in [0.25, 0.3) is 5.69 Å². The van der Waals surface area contributed by atoms with Gasteiger partial charge in [0, 0.05) is 19.8 Å². The normalized spacial score (nSPS) is 17.8. The molecule has 0 radical (unpaired) electrons. The summed E-state index contributed by atoms with van der Waals surface area (Å²) in [6.45, 7) is 0.605. The van der Waals surface area contributed by atoms with Crippen LogP contribution in [0.1, 0.15) is 29.6 Å². The first-order valence-corrected chi connectivity index (χ1v) is 7.83. The van der Waals surface area contributed by atoms with E-state index >= 15 is 0 Å². The van der Waals surface area contributed by atoms with E-state index < -0.39 is 0 Å². The predicted octanol–water partition coefficient (Wildman–Crippen LogP) is 1.61. The topological polar surface area (TPSA) is 67.2 Å². The molecule has 0 spiro atoms. The van der Waals surface area contributed by atoms with E-state index in [1.54, 1.807) is 29.0 Å². The molecule has 0 saturated carbocycles. The van der Waals surface area contributed by atoms with Crippen LogP contribution in [-0.4, -0.2) is 46.1 Å².